The lowest BCUT2D eigenvalue weighted by Gasteiger charge is -2.16. The molecule has 0 bridgehead atoms. The zero-order valence-corrected chi connectivity index (χ0v) is 10.8. The van der Waals surface area contributed by atoms with Gasteiger partial charge in [0.2, 0.25) is 0 Å². The zero-order chi connectivity index (χ0) is 13.5. The monoisotopic (exact) mass is 266 g/mol. The van der Waals surface area contributed by atoms with Crippen molar-refractivity contribution in [3.05, 3.63) is 28.8 Å². The van der Waals surface area contributed by atoms with Crippen LogP contribution in [-0.4, -0.2) is 18.6 Å². The number of hydrogen-bond donors (Lipinski definition) is 2. The van der Waals surface area contributed by atoms with Crippen LogP contribution in [0.2, 0.25) is 5.02 Å². The second-order valence-corrected chi connectivity index (χ2v) is 4.01. The van der Waals surface area contributed by atoms with E-state index in [0.29, 0.717) is 16.3 Å². The van der Waals surface area contributed by atoms with Gasteiger partial charge in [-0.3, -0.25) is 4.79 Å². The summed E-state index contributed by atoms with van der Waals surface area (Å²) in [6.07, 6.45) is 4.39. The third-order valence-corrected chi connectivity index (χ3v) is 2.67. The Bertz CT molecular complexity index is 469. The molecular formula is C13H15ClN2O2. The van der Waals surface area contributed by atoms with Gasteiger partial charge in [-0.25, -0.2) is 0 Å². The summed E-state index contributed by atoms with van der Waals surface area (Å²) < 4.78 is 5.53. The summed E-state index contributed by atoms with van der Waals surface area (Å²) in [4.78, 5) is 11.6. The fourth-order valence-corrected chi connectivity index (χ4v) is 1.62. The third-order valence-electron chi connectivity index (χ3n) is 2.32. The van der Waals surface area contributed by atoms with Gasteiger partial charge < -0.3 is 15.8 Å². The maximum Gasteiger partial charge on any atom is 0.261 e. The number of carbonyl (C=O) groups is 1. The molecule has 0 spiro atoms. The summed E-state index contributed by atoms with van der Waals surface area (Å²) in [7, 11) is 0. The minimum atomic E-state index is -0.665. The SMILES string of the molecule is C#CCNC(=O)C(C)Oc1cccc(Cl)c1CN. The van der Waals surface area contributed by atoms with Crippen LogP contribution in [0.5, 0.6) is 5.75 Å². The molecule has 1 unspecified atom stereocenters. The van der Waals surface area contributed by atoms with Crippen molar-refractivity contribution < 1.29 is 9.53 Å². The normalized spacial score (nSPS) is 11.4. The predicted molar refractivity (Wildman–Crippen MR) is 71.3 cm³/mol. The molecule has 18 heavy (non-hydrogen) atoms. The molecule has 0 radical (unpaired) electrons. The largest absolute Gasteiger partial charge is 0.481 e. The molecule has 0 aliphatic carbocycles. The topological polar surface area (TPSA) is 64.3 Å². The van der Waals surface area contributed by atoms with Gasteiger partial charge >= 0.3 is 0 Å². The van der Waals surface area contributed by atoms with E-state index in [-0.39, 0.29) is 19.0 Å². The fraction of sp³-hybridized carbons (Fsp3) is 0.308. The molecule has 1 aromatic carbocycles. The van der Waals surface area contributed by atoms with Crippen molar-refractivity contribution in [3.63, 3.8) is 0 Å². The van der Waals surface area contributed by atoms with Gasteiger partial charge in [0, 0.05) is 17.1 Å². The first kappa shape index (κ1) is 14.4. The average Bonchev–Trinajstić information content (AvgIpc) is 2.36. The maximum absolute atomic E-state index is 11.6. The molecule has 4 nitrogen and oxygen atoms in total. The molecule has 96 valence electrons. The van der Waals surface area contributed by atoms with E-state index < -0.39 is 6.10 Å². The van der Waals surface area contributed by atoms with Crippen LogP contribution in [0.1, 0.15) is 12.5 Å². The molecule has 5 heteroatoms. The van der Waals surface area contributed by atoms with E-state index in [2.05, 4.69) is 11.2 Å². The van der Waals surface area contributed by atoms with Crippen LogP contribution >= 0.6 is 11.6 Å². The van der Waals surface area contributed by atoms with E-state index >= 15 is 0 Å². The highest BCUT2D eigenvalue weighted by atomic mass is 35.5. The van der Waals surface area contributed by atoms with Gasteiger partial charge in [-0.2, -0.15) is 0 Å². The fourth-order valence-electron chi connectivity index (χ4n) is 1.37. The van der Waals surface area contributed by atoms with Crippen molar-refractivity contribution in [2.45, 2.75) is 19.6 Å². The van der Waals surface area contributed by atoms with E-state index in [1.807, 2.05) is 0 Å². The highest BCUT2D eigenvalue weighted by Crippen LogP contribution is 2.26. The van der Waals surface area contributed by atoms with Crippen LogP contribution in [0.25, 0.3) is 0 Å². The van der Waals surface area contributed by atoms with E-state index in [4.69, 9.17) is 28.5 Å². The predicted octanol–water partition coefficient (Wildman–Crippen LogP) is 1.32. The molecule has 0 aliphatic heterocycles. The Morgan fingerprint density at radius 1 is 1.67 bits per heavy atom. The van der Waals surface area contributed by atoms with Gasteiger partial charge in [0.1, 0.15) is 5.75 Å². The molecule has 0 aromatic heterocycles. The maximum atomic E-state index is 11.6. The molecule has 1 amide bonds. The average molecular weight is 267 g/mol. The quantitative estimate of drug-likeness (QED) is 0.790. The van der Waals surface area contributed by atoms with Gasteiger partial charge in [0.05, 0.1) is 6.54 Å². The molecule has 3 N–H and O–H groups in total. The number of rotatable bonds is 5. The van der Waals surface area contributed by atoms with Gasteiger partial charge in [-0.05, 0) is 19.1 Å². The van der Waals surface area contributed by atoms with Crippen molar-refractivity contribution >= 4 is 17.5 Å². The first-order valence-corrected chi connectivity index (χ1v) is 5.83. The van der Waals surface area contributed by atoms with Crippen molar-refractivity contribution in [1.29, 1.82) is 0 Å². The number of nitrogens with two attached hydrogens (primary N) is 1. The Balaban J connectivity index is 2.76. The summed E-state index contributed by atoms with van der Waals surface area (Å²) >= 11 is 5.99. The molecule has 0 aliphatic rings. The number of terminal acetylenes is 1. The number of hydrogen-bond acceptors (Lipinski definition) is 3. The summed E-state index contributed by atoms with van der Waals surface area (Å²) in [5.41, 5.74) is 6.27. The van der Waals surface area contributed by atoms with Crippen molar-refractivity contribution in [2.75, 3.05) is 6.54 Å². The summed E-state index contributed by atoms with van der Waals surface area (Å²) in [5.74, 6) is 2.55. The second-order valence-electron chi connectivity index (χ2n) is 3.60. The molecule has 0 saturated carbocycles. The number of carbonyl (C=O) groups excluding carboxylic acids is 1. The van der Waals surface area contributed by atoms with Crippen LogP contribution in [0.3, 0.4) is 0 Å². The van der Waals surface area contributed by atoms with E-state index in [1.54, 1.807) is 25.1 Å². The Labute approximate surface area is 111 Å². The summed E-state index contributed by atoms with van der Waals surface area (Å²) in [6.45, 7) is 2.05. The lowest BCUT2D eigenvalue weighted by molar-refractivity contribution is -0.127. The van der Waals surface area contributed by atoms with E-state index in [0.717, 1.165) is 0 Å². The number of amides is 1. The second kappa shape index (κ2) is 6.90. The third kappa shape index (κ3) is 3.66. The Kier molecular flexibility index (Phi) is 5.50. The van der Waals surface area contributed by atoms with Gasteiger partial charge in [0.25, 0.3) is 5.91 Å². The molecule has 1 atom stereocenters. The standard InChI is InChI=1S/C13H15ClN2O2/c1-3-7-16-13(17)9(2)18-12-6-4-5-11(14)10(12)8-15/h1,4-6,9H,7-8,15H2,2H3,(H,16,17). The molecular weight excluding hydrogens is 252 g/mol. The van der Waals surface area contributed by atoms with Crippen LogP contribution in [0.15, 0.2) is 18.2 Å². The summed E-state index contributed by atoms with van der Waals surface area (Å²) in [6, 6.07) is 5.18. The van der Waals surface area contributed by atoms with Gasteiger partial charge in [0.15, 0.2) is 6.10 Å². The summed E-state index contributed by atoms with van der Waals surface area (Å²) in [5, 5.41) is 3.06. The van der Waals surface area contributed by atoms with Crippen molar-refractivity contribution in [2.24, 2.45) is 5.73 Å². The zero-order valence-electron chi connectivity index (χ0n) is 10.1. The Morgan fingerprint density at radius 3 is 3.00 bits per heavy atom. The van der Waals surface area contributed by atoms with Crippen LogP contribution in [0, 0.1) is 12.3 Å². The Morgan fingerprint density at radius 2 is 2.39 bits per heavy atom. The molecule has 1 aromatic rings. The molecule has 0 saturated heterocycles. The molecule has 0 fully saturated rings. The van der Waals surface area contributed by atoms with Gasteiger partial charge in [-0.1, -0.05) is 23.6 Å². The highest BCUT2D eigenvalue weighted by molar-refractivity contribution is 6.31. The molecule has 1 rings (SSSR count). The first-order chi connectivity index (χ1) is 8.60. The van der Waals surface area contributed by atoms with Crippen molar-refractivity contribution in [1.82, 2.24) is 5.32 Å². The smallest absolute Gasteiger partial charge is 0.261 e. The van der Waals surface area contributed by atoms with E-state index in [1.165, 1.54) is 0 Å². The number of halogens is 1. The van der Waals surface area contributed by atoms with Crippen LogP contribution < -0.4 is 15.8 Å². The minimum absolute atomic E-state index is 0.172. The number of nitrogens with one attached hydrogen (secondary N) is 1. The van der Waals surface area contributed by atoms with Crippen LogP contribution in [0.4, 0.5) is 0 Å². The first-order valence-electron chi connectivity index (χ1n) is 5.45. The van der Waals surface area contributed by atoms with Gasteiger partial charge in [-0.15, -0.1) is 6.42 Å². The van der Waals surface area contributed by atoms with Crippen molar-refractivity contribution in [3.8, 4) is 18.1 Å². The number of benzene rings is 1. The lowest BCUT2D eigenvalue weighted by atomic mass is 10.2. The lowest BCUT2D eigenvalue weighted by Crippen LogP contribution is -2.36. The highest BCUT2D eigenvalue weighted by Gasteiger charge is 2.16. The van der Waals surface area contributed by atoms with Crippen LogP contribution in [-0.2, 0) is 11.3 Å². The van der Waals surface area contributed by atoms with E-state index in [9.17, 15) is 4.79 Å². The molecule has 0 heterocycles. The number of ether oxygens (including phenoxy) is 1. The minimum Gasteiger partial charge on any atom is -0.481 e. The Hall–Kier alpha value is -1.70.